The van der Waals surface area contributed by atoms with Gasteiger partial charge >= 0.3 is 0 Å². The predicted octanol–water partition coefficient (Wildman–Crippen LogP) is 2.35. The summed E-state index contributed by atoms with van der Waals surface area (Å²) in [4.78, 5) is 25.2. The number of nitrogens with zero attached hydrogens (tertiary/aromatic N) is 1. The standard InChI is InChI=1S/C14H19BrN2O2/c1-9(2)16-13(18)8-17(4)14(19)11-6-5-10(3)12(15)7-11/h5-7,9H,8H2,1-4H3,(H,16,18). The molecule has 0 saturated carbocycles. The number of carbonyl (C=O) groups excluding carboxylic acids is 2. The van der Waals surface area contributed by atoms with Gasteiger partial charge in [-0.3, -0.25) is 9.59 Å². The third-order valence-electron chi connectivity index (χ3n) is 2.60. The van der Waals surface area contributed by atoms with Gasteiger partial charge in [-0.1, -0.05) is 22.0 Å². The van der Waals surface area contributed by atoms with Crippen molar-refractivity contribution in [2.45, 2.75) is 26.8 Å². The van der Waals surface area contributed by atoms with E-state index in [-0.39, 0.29) is 24.4 Å². The molecule has 0 fully saturated rings. The maximum atomic E-state index is 12.2. The van der Waals surface area contributed by atoms with E-state index in [0.717, 1.165) is 10.0 Å². The monoisotopic (exact) mass is 326 g/mol. The second-order valence-corrected chi connectivity index (χ2v) is 5.70. The number of hydrogen-bond donors (Lipinski definition) is 1. The van der Waals surface area contributed by atoms with Gasteiger partial charge in [0.05, 0.1) is 6.54 Å². The van der Waals surface area contributed by atoms with Crippen LogP contribution in [-0.4, -0.2) is 36.3 Å². The average Bonchev–Trinajstić information content (AvgIpc) is 2.30. The Kier molecular flexibility index (Phi) is 5.54. The van der Waals surface area contributed by atoms with Crippen LogP contribution >= 0.6 is 15.9 Å². The smallest absolute Gasteiger partial charge is 0.254 e. The summed E-state index contributed by atoms with van der Waals surface area (Å²) in [5.74, 6) is -0.323. The van der Waals surface area contributed by atoms with Gasteiger partial charge in [0.1, 0.15) is 0 Å². The van der Waals surface area contributed by atoms with Crippen molar-refractivity contribution in [3.8, 4) is 0 Å². The number of halogens is 1. The van der Waals surface area contributed by atoms with E-state index in [1.165, 1.54) is 4.90 Å². The highest BCUT2D eigenvalue weighted by Crippen LogP contribution is 2.18. The van der Waals surface area contributed by atoms with Gasteiger partial charge in [-0.15, -0.1) is 0 Å². The Morgan fingerprint density at radius 3 is 2.53 bits per heavy atom. The molecule has 0 radical (unpaired) electrons. The summed E-state index contributed by atoms with van der Waals surface area (Å²) in [5.41, 5.74) is 1.63. The van der Waals surface area contributed by atoms with Gasteiger partial charge in [0.2, 0.25) is 5.91 Å². The van der Waals surface area contributed by atoms with Crippen LogP contribution in [0.25, 0.3) is 0 Å². The van der Waals surface area contributed by atoms with E-state index in [0.29, 0.717) is 5.56 Å². The van der Waals surface area contributed by atoms with Crippen molar-refractivity contribution < 1.29 is 9.59 Å². The predicted molar refractivity (Wildman–Crippen MR) is 79.1 cm³/mol. The number of nitrogens with one attached hydrogen (secondary N) is 1. The van der Waals surface area contributed by atoms with E-state index in [2.05, 4.69) is 21.2 Å². The molecule has 0 aliphatic heterocycles. The topological polar surface area (TPSA) is 49.4 Å². The molecule has 0 aliphatic carbocycles. The number of benzene rings is 1. The molecule has 1 aromatic rings. The molecular weight excluding hydrogens is 308 g/mol. The fourth-order valence-corrected chi connectivity index (χ4v) is 1.98. The minimum absolute atomic E-state index is 0.0580. The molecular formula is C14H19BrN2O2. The Bertz CT molecular complexity index is 486. The molecule has 1 N–H and O–H groups in total. The molecule has 5 heteroatoms. The Morgan fingerprint density at radius 2 is 2.00 bits per heavy atom. The fourth-order valence-electron chi connectivity index (χ4n) is 1.60. The number of hydrogen-bond acceptors (Lipinski definition) is 2. The van der Waals surface area contributed by atoms with Crippen molar-refractivity contribution in [1.29, 1.82) is 0 Å². The fraction of sp³-hybridized carbons (Fsp3) is 0.429. The van der Waals surface area contributed by atoms with E-state index < -0.39 is 0 Å². The highest BCUT2D eigenvalue weighted by molar-refractivity contribution is 9.10. The van der Waals surface area contributed by atoms with Crippen LogP contribution in [0.1, 0.15) is 29.8 Å². The summed E-state index contributed by atoms with van der Waals surface area (Å²) in [5, 5.41) is 2.76. The molecule has 0 saturated heterocycles. The highest BCUT2D eigenvalue weighted by atomic mass is 79.9. The largest absolute Gasteiger partial charge is 0.352 e. The maximum Gasteiger partial charge on any atom is 0.254 e. The van der Waals surface area contributed by atoms with Gasteiger partial charge in [0.25, 0.3) is 5.91 Å². The molecule has 0 unspecified atom stereocenters. The SMILES string of the molecule is Cc1ccc(C(=O)N(C)CC(=O)NC(C)C)cc1Br. The van der Waals surface area contributed by atoms with Crippen LogP contribution in [0.4, 0.5) is 0 Å². The summed E-state index contributed by atoms with van der Waals surface area (Å²) in [6.07, 6.45) is 0. The second-order valence-electron chi connectivity index (χ2n) is 4.85. The van der Waals surface area contributed by atoms with Gasteiger partial charge in [-0.05, 0) is 38.5 Å². The van der Waals surface area contributed by atoms with Gasteiger partial charge in [0, 0.05) is 23.1 Å². The second kappa shape index (κ2) is 6.70. The molecule has 4 nitrogen and oxygen atoms in total. The van der Waals surface area contributed by atoms with E-state index >= 15 is 0 Å². The number of amides is 2. The van der Waals surface area contributed by atoms with Crippen molar-refractivity contribution in [2.24, 2.45) is 0 Å². The molecule has 0 spiro atoms. The quantitative estimate of drug-likeness (QED) is 0.923. The van der Waals surface area contributed by atoms with Gasteiger partial charge < -0.3 is 10.2 Å². The lowest BCUT2D eigenvalue weighted by molar-refractivity contribution is -0.122. The molecule has 0 bridgehead atoms. The van der Waals surface area contributed by atoms with Gasteiger partial charge in [-0.25, -0.2) is 0 Å². The number of likely N-dealkylation sites (N-methyl/N-ethyl adjacent to an activating group) is 1. The van der Waals surface area contributed by atoms with Gasteiger partial charge in [0.15, 0.2) is 0 Å². The van der Waals surface area contributed by atoms with E-state index in [1.54, 1.807) is 19.2 Å². The first kappa shape index (κ1) is 15.7. The lowest BCUT2D eigenvalue weighted by Gasteiger charge is -2.18. The van der Waals surface area contributed by atoms with Crippen LogP contribution in [0.15, 0.2) is 22.7 Å². The minimum atomic E-state index is -0.167. The maximum absolute atomic E-state index is 12.2. The van der Waals surface area contributed by atoms with Crippen LogP contribution in [0.5, 0.6) is 0 Å². The Labute approximate surface area is 122 Å². The molecule has 2 amide bonds. The minimum Gasteiger partial charge on any atom is -0.352 e. The van der Waals surface area contributed by atoms with Crippen LogP contribution in [0, 0.1) is 6.92 Å². The molecule has 19 heavy (non-hydrogen) atoms. The van der Waals surface area contributed by atoms with Crippen molar-refractivity contribution in [3.63, 3.8) is 0 Å². The molecule has 0 aromatic heterocycles. The van der Waals surface area contributed by atoms with Crippen LogP contribution in [-0.2, 0) is 4.79 Å². The van der Waals surface area contributed by atoms with Crippen LogP contribution in [0.2, 0.25) is 0 Å². The summed E-state index contributed by atoms with van der Waals surface area (Å²) >= 11 is 3.40. The first-order valence-corrected chi connectivity index (χ1v) is 6.91. The first-order chi connectivity index (χ1) is 8.81. The Morgan fingerprint density at radius 1 is 1.37 bits per heavy atom. The van der Waals surface area contributed by atoms with Crippen molar-refractivity contribution >= 4 is 27.7 Å². The zero-order chi connectivity index (χ0) is 14.6. The number of rotatable bonds is 4. The van der Waals surface area contributed by atoms with E-state index in [9.17, 15) is 9.59 Å². The molecule has 0 heterocycles. The molecule has 0 atom stereocenters. The Hall–Kier alpha value is -1.36. The molecule has 1 rings (SSSR count). The Balaban J connectivity index is 2.71. The molecule has 104 valence electrons. The van der Waals surface area contributed by atoms with Crippen LogP contribution in [0.3, 0.4) is 0 Å². The average molecular weight is 327 g/mol. The summed E-state index contributed by atoms with van der Waals surface area (Å²) in [6.45, 7) is 5.79. The summed E-state index contributed by atoms with van der Waals surface area (Å²) in [6, 6.07) is 5.48. The zero-order valence-electron chi connectivity index (χ0n) is 11.7. The molecule has 1 aromatic carbocycles. The van der Waals surface area contributed by atoms with E-state index in [4.69, 9.17) is 0 Å². The highest BCUT2D eigenvalue weighted by Gasteiger charge is 2.15. The zero-order valence-corrected chi connectivity index (χ0v) is 13.2. The number of carbonyl (C=O) groups is 2. The molecule has 0 aliphatic rings. The van der Waals surface area contributed by atoms with Crippen molar-refractivity contribution in [2.75, 3.05) is 13.6 Å². The first-order valence-electron chi connectivity index (χ1n) is 6.12. The summed E-state index contributed by atoms with van der Waals surface area (Å²) < 4.78 is 0.887. The summed E-state index contributed by atoms with van der Waals surface area (Å²) in [7, 11) is 1.62. The lowest BCUT2D eigenvalue weighted by Crippen LogP contribution is -2.40. The van der Waals surface area contributed by atoms with Crippen molar-refractivity contribution in [3.05, 3.63) is 33.8 Å². The normalized spacial score (nSPS) is 10.4. The van der Waals surface area contributed by atoms with Gasteiger partial charge in [-0.2, -0.15) is 0 Å². The number of aryl methyl sites for hydroxylation is 1. The third-order valence-corrected chi connectivity index (χ3v) is 3.45. The van der Waals surface area contributed by atoms with Crippen LogP contribution < -0.4 is 5.32 Å². The van der Waals surface area contributed by atoms with Crippen molar-refractivity contribution in [1.82, 2.24) is 10.2 Å². The van der Waals surface area contributed by atoms with E-state index in [1.807, 2.05) is 26.8 Å². The third kappa shape index (κ3) is 4.67. The lowest BCUT2D eigenvalue weighted by atomic mass is 10.1.